The average molecular weight is 320 g/mol. The Balaban J connectivity index is 2.01. The van der Waals surface area contributed by atoms with Crippen molar-refractivity contribution in [3.8, 4) is 0 Å². The lowest BCUT2D eigenvalue weighted by molar-refractivity contribution is -0.117. The first-order chi connectivity index (χ1) is 11.0. The molecule has 0 aromatic heterocycles. The van der Waals surface area contributed by atoms with Gasteiger partial charge in [-0.15, -0.1) is 0 Å². The second-order valence-electron chi connectivity index (χ2n) is 6.73. The number of rotatable bonds is 7. The zero-order valence-electron chi connectivity index (χ0n) is 14.3. The lowest BCUT2D eigenvalue weighted by atomic mass is 9.89. The van der Waals surface area contributed by atoms with Gasteiger partial charge in [-0.1, -0.05) is 25.9 Å². The second-order valence-corrected chi connectivity index (χ2v) is 6.73. The van der Waals surface area contributed by atoms with Crippen LogP contribution in [0.15, 0.2) is 21.8 Å². The minimum atomic E-state index is -0.0662. The van der Waals surface area contributed by atoms with Crippen molar-refractivity contribution in [2.24, 2.45) is 27.7 Å². The zero-order valence-corrected chi connectivity index (χ0v) is 14.3. The Hall–Kier alpha value is -1.69. The number of aliphatic imine (C=N–C) groups is 1. The fraction of sp³-hybridized carbons (Fsp3) is 0.706. The average Bonchev–Trinajstić information content (AvgIpc) is 3.05. The minimum Gasteiger partial charge on any atom is -0.394 e. The molecule has 0 aromatic carbocycles. The van der Waals surface area contributed by atoms with Crippen LogP contribution in [0.4, 0.5) is 0 Å². The molecule has 23 heavy (non-hydrogen) atoms. The van der Waals surface area contributed by atoms with Gasteiger partial charge in [0.05, 0.1) is 6.04 Å². The molecule has 3 N–H and O–H groups in total. The summed E-state index contributed by atoms with van der Waals surface area (Å²) in [5.41, 5.74) is 7.29. The highest BCUT2D eigenvalue weighted by Gasteiger charge is 2.29. The molecule has 0 aromatic rings. The van der Waals surface area contributed by atoms with Crippen molar-refractivity contribution in [1.29, 1.82) is 0 Å². The van der Waals surface area contributed by atoms with Crippen LogP contribution in [0.2, 0.25) is 0 Å². The molecule has 2 rings (SSSR count). The number of nitrogens with two attached hydrogens (primary N) is 1. The lowest BCUT2D eigenvalue weighted by Crippen LogP contribution is -2.36. The normalized spacial score (nSPS) is 25.3. The van der Waals surface area contributed by atoms with Crippen LogP contribution in [0.3, 0.4) is 0 Å². The van der Waals surface area contributed by atoms with E-state index in [9.17, 15) is 4.79 Å². The summed E-state index contributed by atoms with van der Waals surface area (Å²) < 4.78 is 0. The molecule has 0 radical (unpaired) electrons. The van der Waals surface area contributed by atoms with Crippen LogP contribution >= 0.6 is 0 Å². The molecule has 1 unspecified atom stereocenters. The first-order valence-corrected chi connectivity index (χ1v) is 8.48. The summed E-state index contributed by atoms with van der Waals surface area (Å²) >= 11 is 0. The third kappa shape index (κ3) is 4.89. The Morgan fingerprint density at radius 1 is 1.57 bits per heavy atom. The number of hydrogen-bond donors (Lipinski definition) is 2. The number of carbonyl (C=O) groups is 1. The number of oxime groups is 1. The Kier molecular flexibility index (Phi) is 6.33. The van der Waals surface area contributed by atoms with E-state index in [1.54, 1.807) is 6.08 Å². The maximum atomic E-state index is 12.6. The zero-order chi connectivity index (χ0) is 16.8. The molecule has 0 spiro atoms. The second kappa shape index (κ2) is 8.24. The van der Waals surface area contributed by atoms with Gasteiger partial charge in [0, 0.05) is 18.0 Å². The Bertz CT molecular complexity index is 517. The fourth-order valence-corrected chi connectivity index (χ4v) is 2.70. The van der Waals surface area contributed by atoms with Crippen molar-refractivity contribution in [2.75, 3.05) is 19.7 Å². The Labute approximate surface area is 138 Å². The molecule has 0 amide bonds. The van der Waals surface area contributed by atoms with Gasteiger partial charge < -0.3 is 15.9 Å². The van der Waals surface area contributed by atoms with E-state index in [0.29, 0.717) is 24.8 Å². The van der Waals surface area contributed by atoms with Gasteiger partial charge in [0.25, 0.3) is 0 Å². The van der Waals surface area contributed by atoms with Crippen LogP contribution in [0.5, 0.6) is 0 Å². The van der Waals surface area contributed by atoms with E-state index in [1.165, 1.54) is 0 Å². The van der Waals surface area contributed by atoms with Crippen LogP contribution in [0.25, 0.3) is 0 Å². The molecule has 6 heteroatoms. The maximum Gasteiger partial charge on any atom is 0.188 e. The van der Waals surface area contributed by atoms with Crippen molar-refractivity contribution in [1.82, 2.24) is 5.32 Å². The Morgan fingerprint density at radius 3 is 3.00 bits per heavy atom. The predicted octanol–water partition coefficient (Wildman–Crippen LogP) is 1.66. The highest BCUT2D eigenvalue weighted by molar-refractivity contribution is 6.46. The number of carbonyl (C=O) groups excluding carboxylic acids is 1. The molecular formula is C17H28N4O2. The third-order valence-corrected chi connectivity index (χ3v) is 4.23. The number of nitrogens with zero attached hydrogens (tertiary/aromatic N) is 2. The summed E-state index contributed by atoms with van der Waals surface area (Å²) in [5, 5.41) is 7.18. The van der Waals surface area contributed by atoms with E-state index < -0.39 is 0 Å². The number of dihydropyridines is 1. The number of amidine groups is 1. The van der Waals surface area contributed by atoms with Gasteiger partial charge in [-0.25, -0.2) is 0 Å². The summed E-state index contributed by atoms with van der Waals surface area (Å²) in [4.78, 5) is 22.3. The molecule has 0 bridgehead atoms. The van der Waals surface area contributed by atoms with Crippen LogP contribution in [-0.4, -0.2) is 43.1 Å². The molecule has 2 atom stereocenters. The number of Topliss-reactive ketones (excluding diaryl/α,β-unsaturated/α-hetero) is 1. The van der Waals surface area contributed by atoms with Gasteiger partial charge >= 0.3 is 0 Å². The van der Waals surface area contributed by atoms with Gasteiger partial charge in [-0.3, -0.25) is 9.79 Å². The smallest absolute Gasteiger partial charge is 0.188 e. The van der Waals surface area contributed by atoms with Crippen LogP contribution in [0, 0.1) is 11.8 Å². The topological polar surface area (TPSA) is 89.1 Å². The van der Waals surface area contributed by atoms with Gasteiger partial charge in [-0.2, -0.15) is 0 Å². The summed E-state index contributed by atoms with van der Waals surface area (Å²) in [6.45, 7) is 8.27. The van der Waals surface area contributed by atoms with Gasteiger partial charge in [0.15, 0.2) is 11.6 Å². The highest BCUT2D eigenvalue weighted by atomic mass is 16.6. The van der Waals surface area contributed by atoms with Gasteiger partial charge in [-0.05, 0) is 37.8 Å². The molecule has 0 saturated carbocycles. The number of nitrogens with one attached hydrogen (secondary N) is 1. The van der Waals surface area contributed by atoms with Crippen molar-refractivity contribution in [3.05, 3.63) is 11.6 Å². The lowest BCUT2D eigenvalue weighted by Gasteiger charge is -2.21. The standard InChI is InChI=1S/C17H28N4O2/c1-11(2)6-8-23-21-17(18)15-9-13(12(3)10-20-15)16(22)14-5-4-7-19-14/h9,11-12,14,19H,4-8,10H2,1-3H3,(H2,18,21)/t12?,14-/m0/s1. The highest BCUT2D eigenvalue weighted by Crippen LogP contribution is 2.21. The van der Waals surface area contributed by atoms with E-state index in [-0.39, 0.29) is 23.6 Å². The molecule has 1 saturated heterocycles. The van der Waals surface area contributed by atoms with E-state index in [2.05, 4.69) is 29.3 Å². The summed E-state index contributed by atoms with van der Waals surface area (Å²) in [5.74, 6) is 1.08. The summed E-state index contributed by atoms with van der Waals surface area (Å²) in [6.07, 6.45) is 4.65. The van der Waals surface area contributed by atoms with Crippen molar-refractivity contribution in [2.45, 2.75) is 46.1 Å². The quantitative estimate of drug-likeness (QED) is 0.323. The van der Waals surface area contributed by atoms with Crippen LogP contribution in [0.1, 0.15) is 40.0 Å². The third-order valence-electron chi connectivity index (χ3n) is 4.23. The molecule has 1 fully saturated rings. The SMILES string of the molecule is CC(C)CCON=C(N)C1=NCC(C)C(C(=O)[C@@H]2CCCN2)=C1. The minimum absolute atomic E-state index is 0.0662. The predicted molar refractivity (Wildman–Crippen MR) is 92.6 cm³/mol. The molecular weight excluding hydrogens is 292 g/mol. The largest absolute Gasteiger partial charge is 0.394 e. The molecule has 2 aliphatic heterocycles. The first kappa shape index (κ1) is 17.7. The van der Waals surface area contributed by atoms with Crippen LogP contribution < -0.4 is 11.1 Å². The van der Waals surface area contributed by atoms with E-state index >= 15 is 0 Å². The maximum absolute atomic E-state index is 12.6. The van der Waals surface area contributed by atoms with Gasteiger partial charge in [0.1, 0.15) is 12.3 Å². The fourth-order valence-electron chi connectivity index (χ4n) is 2.70. The number of ketones is 1. The number of hydrogen-bond acceptors (Lipinski definition) is 5. The molecule has 128 valence electrons. The summed E-state index contributed by atoms with van der Waals surface area (Å²) in [7, 11) is 0. The summed E-state index contributed by atoms with van der Waals surface area (Å²) in [6, 6.07) is -0.0662. The van der Waals surface area contributed by atoms with Crippen molar-refractivity contribution in [3.63, 3.8) is 0 Å². The monoisotopic (exact) mass is 320 g/mol. The van der Waals surface area contributed by atoms with Crippen molar-refractivity contribution >= 4 is 17.3 Å². The molecule has 2 heterocycles. The van der Waals surface area contributed by atoms with E-state index in [4.69, 9.17) is 10.6 Å². The van der Waals surface area contributed by atoms with E-state index in [1.807, 2.05) is 6.92 Å². The van der Waals surface area contributed by atoms with E-state index in [0.717, 1.165) is 31.4 Å². The molecule has 0 aliphatic carbocycles. The molecule has 2 aliphatic rings. The Morgan fingerprint density at radius 2 is 2.35 bits per heavy atom. The first-order valence-electron chi connectivity index (χ1n) is 8.48. The van der Waals surface area contributed by atoms with Crippen LogP contribution in [-0.2, 0) is 9.63 Å². The van der Waals surface area contributed by atoms with Gasteiger partial charge in [0.2, 0.25) is 0 Å². The van der Waals surface area contributed by atoms with Crippen molar-refractivity contribution < 1.29 is 9.63 Å². The molecule has 6 nitrogen and oxygen atoms in total.